The van der Waals surface area contributed by atoms with Gasteiger partial charge in [-0.05, 0) is 26.7 Å². The number of hydrogen-bond donors (Lipinski definition) is 1. The molecule has 0 aliphatic carbocycles. The third-order valence-electron chi connectivity index (χ3n) is 1.27. The molecule has 0 saturated carbocycles. The first kappa shape index (κ1) is 12.3. The summed E-state index contributed by atoms with van der Waals surface area (Å²) in [5, 5.41) is 3.15. The maximum atomic E-state index is 5.58. The minimum absolute atomic E-state index is 0.182. The van der Waals surface area contributed by atoms with E-state index in [1.807, 2.05) is 20.8 Å². The van der Waals surface area contributed by atoms with Gasteiger partial charge in [0, 0.05) is 13.6 Å². The number of hydrogen-bond acceptors (Lipinski definition) is 2. The van der Waals surface area contributed by atoms with E-state index in [0.29, 0.717) is 11.9 Å². The Morgan fingerprint density at radius 3 is 2.23 bits per heavy atom. The number of nitrogens with zero attached hydrogens (tertiary/aromatic N) is 1. The van der Waals surface area contributed by atoms with Crippen molar-refractivity contribution >= 4 is 6.02 Å². The molecule has 0 aromatic heterocycles. The van der Waals surface area contributed by atoms with Crippen LogP contribution in [0.25, 0.3) is 0 Å². The average Bonchev–Trinajstić information content (AvgIpc) is 1.95. The van der Waals surface area contributed by atoms with Crippen molar-refractivity contribution in [3.05, 3.63) is 0 Å². The molecule has 3 nitrogen and oxygen atoms in total. The van der Waals surface area contributed by atoms with E-state index in [4.69, 9.17) is 4.74 Å². The van der Waals surface area contributed by atoms with Crippen molar-refractivity contribution < 1.29 is 4.74 Å². The van der Waals surface area contributed by atoms with Gasteiger partial charge in [0.15, 0.2) is 0 Å². The van der Waals surface area contributed by atoms with Crippen LogP contribution in [-0.2, 0) is 4.74 Å². The molecule has 0 amide bonds. The maximum absolute atomic E-state index is 5.58. The quantitative estimate of drug-likeness (QED) is 0.529. The van der Waals surface area contributed by atoms with Crippen molar-refractivity contribution in [3.63, 3.8) is 0 Å². The van der Waals surface area contributed by atoms with Gasteiger partial charge in [0.05, 0.1) is 0 Å². The Morgan fingerprint density at radius 1 is 1.38 bits per heavy atom. The molecular formula is C10H22N2O. The normalized spacial score (nSPS) is 13.3. The highest BCUT2D eigenvalue weighted by Crippen LogP contribution is 2.06. The van der Waals surface area contributed by atoms with E-state index in [0.717, 1.165) is 6.54 Å². The van der Waals surface area contributed by atoms with Gasteiger partial charge in [-0.3, -0.25) is 0 Å². The van der Waals surface area contributed by atoms with Gasteiger partial charge in [0.25, 0.3) is 6.02 Å². The Bertz CT molecular complexity index is 168. The summed E-state index contributed by atoms with van der Waals surface area (Å²) in [4.78, 5) is 4.03. The number of ether oxygens (including phenoxy) is 1. The second kappa shape index (κ2) is 5.10. The fourth-order valence-electron chi connectivity index (χ4n) is 0.742. The van der Waals surface area contributed by atoms with Crippen LogP contribution in [0.4, 0.5) is 0 Å². The summed E-state index contributed by atoms with van der Waals surface area (Å²) in [7, 11) is 1.73. The summed E-state index contributed by atoms with van der Waals surface area (Å²) in [6.45, 7) is 11.2. The predicted molar refractivity (Wildman–Crippen MR) is 57.0 cm³/mol. The monoisotopic (exact) mass is 186 g/mol. The van der Waals surface area contributed by atoms with Crippen LogP contribution in [0.1, 0.15) is 34.6 Å². The van der Waals surface area contributed by atoms with E-state index in [9.17, 15) is 0 Å². The lowest BCUT2D eigenvalue weighted by molar-refractivity contribution is 0.108. The fraction of sp³-hybridized carbons (Fsp3) is 0.900. The van der Waals surface area contributed by atoms with Crippen LogP contribution >= 0.6 is 0 Å². The number of aliphatic imine (C=N–C) groups is 1. The van der Waals surface area contributed by atoms with Crippen molar-refractivity contribution in [3.8, 4) is 0 Å². The van der Waals surface area contributed by atoms with Crippen molar-refractivity contribution in [1.82, 2.24) is 5.32 Å². The molecule has 0 fully saturated rings. The third kappa shape index (κ3) is 7.62. The Balaban J connectivity index is 3.93. The van der Waals surface area contributed by atoms with E-state index in [1.165, 1.54) is 0 Å². The molecule has 0 bridgehead atoms. The van der Waals surface area contributed by atoms with Crippen LogP contribution in [0.15, 0.2) is 4.99 Å². The molecule has 0 spiro atoms. The molecule has 0 unspecified atom stereocenters. The molecule has 13 heavy (non-hydrogen) atoms. The van der Waals surface area contributed by atoms with E-state index in [-0.39, 0.29) is 5.60 Å². The van der Waals surface area contributed by atoms with Crippen LogP contribution in [0.5, 0.6) is 0 Å². The molecule has 3 heteroatoms. The summed E-state index contributed by atoms with van der Waals surface area (Å²) < 4.78 is 5.58. The molecule has 0 aliphatic heterocycles. The SMILES string of the molecule is C/N=C(/NCC(C)C)OC(C)(C)C. The van der Waals surface area contributed by atoms with Crippen molar-refractivity contribution in [2.24, 2.45) is 10.9 Å². The highest BCUT2D eigenvalue weighted by molar-refractivity contribution is 5.73. The largest absolute Gasteiger partial charge is 0.460 e. The molecule has 0 atom stereocenters. The van der Waals surface area contributed by atoms with Gasteiger partial charge >= 0.3 is 0 Å². The summed E-state index contributed by atoms with van der Waals surface area (Å²) in [5.41, 5.74) is -0.182. The van der Waals surface area contributed by atoms with E-state index >= 15 is 0 Å². The summed E-state index contributed by atoms with van der Waals surface area (Å²) >= 11 is 0. The molecule has 0 aromatic rings. The zero-order chi connectivity index (χ0) is 10.5. The summed E-state index contributed by atoms with van der Waals surface area (Å²) in [5.74, 6) is 0.598. The van der Waals surface area contributed by atoms with E-state index in [1.54, 1.807) is 7.05 Å². The van der Waals surface area contributed by atoms with Gasteiger partial charge in [0.2, 0.25) is 0 Å². The minimum Gasteiger partial charge on any atom is -0.460 e. The lowest BCUT2D eigenvalue weighted by Crippen LogP contribution is -2.35. The standard InChI is InChI=1S/C10H22N2O/c1-8(2)7-12-9(11-6)13-10(3,4)5/h8H,7H2,1-6H3,(H,11,12). The average molecular weight is 186 g/mol. The summed E-state index contributed by atoms with van der Waals surface area (Å²) in [6.07, 6.45) is 0. The third-order valence-corrected chi connectivity index (χ3v) is 1.27. The van der Waals surface area contributed by atoms with Gasteiger partial charge in [0.1, 0.15) is 5.60 Å². The van der Waals surface area contributed by atoms with Gasteiger partial charge < -0.3 is 10.1 Å². The van der Waals surface area contributed by atoms with Gasteiger partial charge in [-0.1, -0.05) is 13.8 Å². The van der Waals surface area contributed by atoms with Crippen LogP contribution in [0, 0.1) is 5.92 Å². The topological polar surface area (TPSA) is 33.6 Å². The van der Waals surface area contributed by atoms with Crippen molar-refractivity contribution in [2.75, 3.05) is 13.6 Å². The number of rotatable bonds is 2. The number of nitrogens with one attached hydrogen (secondary N) is 1. The predicted octanol–water partition coefficient (Wildman–Crippen LogP) is 2.03. The molecule has 0 heterocycles. The van der Waals surface area contributed by atoms with Crippen LogP contribution in [0.2, 0.25) is 0 Å². The smallest absolute Gasteiger partial charge is 0.284 e. The minimum atomic E-state index is -0.182. The summed E-state index contributed by atoms with van der Waals surface area (Å²) in [6, 6.07) is 0.626. The Hall–Kier alpha value is -0.730. The molecule has 78 valence electrons. The zero-order valence-corrected chi connectivity index (χ0v) is 9.64. The molecule has 0 aromatic carbocycles. The fourth-order valence-corrected chi connectivity index (χ4v) is 0.742. The molecular weight excluding hydrogens is 164 g/mol. The van der Waals surface area contributed by atoms with Gasteiger partial charge in [-0.15, -0.1) is 0 Å². The van der Waals surface area contributed by atoms with E-state index < -0.39 is 0 Å². The van der Waals surface area contributed by atoms with E-state index in [2.05, 4.69) is 24.2 Å². The second-order valence-electron chi connectivity index (χ2n) is 4.52. The van der Waals surface area contributed by atoms with Crippen LogP contribution in [-0.4, -0.2) is 25.2 Å². The number of amidine groups is 1. The highest BCUT2D eigenvalue weighted by Gasteiger charge is 2.14. The van der Waals surface area contributed by atoms with Gasteiger partial charge in [-0.25, -0.2) is 4.99 Å². The molecule has 1 N–H and O–H groups in total. The molecule has 0 saturated heterocycles. The Morgan fingerprint density at radius 2 is 1.92 bits per heavy atom. The first-order chi connectivity index (χ1) is 5.85. The second-order valence-corrected chi connectivity index (χ2v) is 4.52. The molecule has 0 radical (unpaired) electrons. The Kier molecular flexibility index (Phi) is 4.81. The van der Waals surface area contributed by atoms with Crippen LogP contribution < -0.4 is 5.32 Å². The first-order valence-electron chi connectivity index (χ1n) is 4.75. The molecule has 0 rings (SSSR count). The molecule has 0 aliphatic rings. The van der Waals surface area contributed by atoms with Crippen LogP contribution in [0.3, 0.4) is 0 Å². The lowest BCUT2D eigenvalue weighted by atomic mass is 10.2. The first-order valence-corrected chi connectivity index (χ1v) is 4.75. The van der Waals surface area contributed by atoms with Crippen molar-refractivity contribution in [1.29, 1.82) is 0 Å². The highest BCUT2D eigenvalue weighted by atomic mass is 16.5. The van der Waals surface area contributed by atoms with Gasteiger partial charge in [-0.2, -0.15) is 0 Å². The maximum Gasteiger partial charge on any atom is 0.284 e. The lowest BCUT2D eigenvalue weighted by Gasteiger charge is -2.23. The zero-order valence-electron chi connectivity index (χ0n) is 9.64. The Labute approximate surface area is 81.6 Å². The van der Waals surface area contributed by atoms with Crippen molar-refractivity contribution in [2.45, 2.75) is 40.2 Å².